The summed E-state index contributed by atoms with van der Waals surface area (Å²) in [4.78, 5) is 6.97. The predicted molar refractivity (Wildman–Crippen MR) is 78.5 cm³/mol. The molecule has 0 spiro atoms. The van der Waals surface area contributed by atoms with Crippen molar-refractivity contribution < 1.29 is 4.42 Å². The van der Waals surface area contributed by atoms with Crippen molar-refractivity contribution in [1.82, 2.24) is 20.5 Å². The van der Waals surface area contributed by atoms with E-state index < -0.39 is 0 Å². The Morgan fingerprint density at radius 1 is 1.40 bits per heavy atom. The third-order valence-electron chi connectivity index (χ3n) is 4.28. The van der Waals surface area contributed by atoms with Gasteiger partial charge in [0.2, 0.25) is 5.95 Å². The van der Waals surface area contributed by atoms with E-state index in [0.717, 1.165) is 42.9 Å². The number of H-pyrrole nitrogens is 1. The fourth-order valence-corrected chi connectivity index (χ4v) is 3.71. The summed E-state index contributed by atoms with van der Waals surface area (Å²) in [6.07, 6.45) is 4.15. The Bertz CT molecular complexity index is 609. The average molecular weight is 338 g/mol. The highest BCUT2D eigenvalue weighted by atomic mass is 79.9. The van der Waals surface area contributed by atoms with Crippen molar-refractivity contribution in [3.8, 4) is 11.4 Å². The summed E-state index contributed by atoms with van der Waals surface area (Å²) in [5.74, 6) is 2.27. The summed E-state index contributed by atoms with van der Waals surface area (Å²) in [7, 11) is 0. The largest absolute Gasteiger partial charge is 0.457 e. The van der Waals surface area contributed by atoms with Crippen molar-refractivity contribution >= 4 is 21.9 Å². The summed E-state index contributed by atoms with van der Waals surface area (Å²) < 4.78 is 5.93. The van der Waals surface area contributed by atoms with Crippen LogP contribution in [0, 0.1) is 5.92 Å². The van der Waals surface area contributed by atoms with Gasteiger partial charge in [0.15, 0.2) is 10.5 Å². The van der Waals surface area contributed by atoms with Crippen LogP contribution in [0.25, 0.3) is 11.4 Å². The number of hydrogen-bond acceptors (Lipinski definition) is 5. The van der Waals surface area contributed by atoms with Gasteiger partial charge in [0.25, 0.3) is 0 Å². The number of furan rings is 1. The number of nitrogens with zero attached hydrogens (tertiary/aromatic N) is 3. The van der Waals surface area contributed by atoms with Gasteiger partial charge < -0.3 is 14.6 Å². The van der Waals surface area contributed by atoms with Gasteiger partial charge in [-0.2, -0.15) is 4.98 Å². The van der Waals surface area contributed by atoms with E-state index in [9.17, 15) is 0 Å². The molecule has 2 aromatic rings. The first-order valence-corrected chi connectivity index (χ1v) is 7.75. The molecule has 0 aromatic carbocycles. The number of anilines is 1. The molecule has 2 fully saturated rings. The molecule has 6 nitrogen and oxygen atoms in total. The van der Waals surface area contributed by atoms with Gasteiger partial charge in [-0.1, -0.05) is 0 Å². The minimum absolute atomic E-state index is 0.528. The van der Waals surface area contributed by atoms with Gasteiger partial charge in [0.05, 0.1) is 11.8 Å². The smallest absolute Gasteiger partial charge is 0.245 e. The summed E-state index contributed by atoms with van der Waals surface area (Å²) >= 11 is 3.38. The number of aromatic amines is 1. The van der Waals surface area contributed by atoms with Gasteiger partial charge in [-0.3, -0.25) is 5.10 Å². The molecule has 0 amide bonds. The van der Waals surface area contributed by atoms with Gasteiger partial charge in [-0.05, 0) is 40.8 Å². The maximum Gasteiger partial charge on any atom is 0.245 e. The van der Waals surface area contributed by atoms with Crippen LogP contribution in [-0.4, -0.2) is 40.9 Å². The van der Waals surface area contributed by atoms with Gasteiger partial charge in [0.1, 0.15) is 0 Å². The first-order valence-electron chi connectivity index (χ1n) is 6.96. The highest BCUT2D eigenvalue weighted by molar-refractivity contribution is 9.10. The quantitative estimate of drug-likeness (QED) is 0.877. The van der Waals surface area contributed by atoms with Crippen molar-refractivity contribution in [2.24, 2.45) is 5.92 Å². The third-order valence-corrected chi connectivity index (χ3v) is 4.90. The molecular formula is C13H16BrN5O. The monoisotopic (exact) mass is 337 g/mol. The Morgan fingerprint density at radius 2 is 2.35 bits per heavy atom. The number of rotatable bonds is 2. The molecule has 2 N–H and O–H groups in total. The van der Waals surface area contributed by atoms with E-state index in [0.29, 0.717) is 10.7 Å². The number of fused-ring (bicyclic) bond motifs is 1. The topological polar surface area (TPSA) is 70.0 Å². The molecule has 0 radical (unpaired) electrons. The zero-order valence-electron chi connectivity index (χ0n) is 11.0. The fourth-order valence-electron chi connectivity index (χ4n) is 3.28. The second kappa shape index (κ2) is 4.89. The van der Waals surface area contributed by atoms with Crippen molar-refractivity contribution in [3.63, 3.8) is 0 Å². The first kappa shape index (κ1) is 12.4. The van der Waals surface area contributed by atoms with Crippen LogP contribution in [-0.2, 0) is 0 Å². The van der Waals surface area contributed by atoms with Crippen LogP contribution in [0.2, 0.25) is 0 Å². The van der Waals surface area contributed by atoms with Crippen LogP contribution in [0.3, 0.4) is 0 Å². The summed E-state index contributed by atoms with van der Waals surface area (Å²) in [5, 5.41) is 10.9. The van der Waals surface area contributed by atoms with Crippen LogP contribution in [0.4, 0.5) is 5.95 Å². The molecule has 2 aliphatic rings. The lowest BCUT2D eigenvalue weighted by atomic mass is 9.92. The standard InChI is InChI=1S/C13H16BrN5O/c14-11-9(3-5-20-11)12-16-13(18-17-12)19-4-1-2-8-6-15-7-10(8)19/h3,5,8,10,15H,1-2,4,6-7H2,(H,16,17,18). The van der Waals surface area contributed by atoms with Gasteiger partial charge in [-0.25, -0.2) is 0 Å². The summed E-state index contributed by atoms with van der Waals surface area (Å²) in [5.41, 5.74) is 0.904. The molecule has 4 rings (SSSR count). The second-order valence-electron chi connectivity index (χ2n) is 5.41. The van der Waals surface area contributed by atoms with Crippen molar-refractivity contribution in [1.29, 1.82) is 0 Å². The van der Waals surface area contributed by atoms with Crippen molar-refractivity contribution in [2.45, 2.75) is 18.9 Å². The molecule has 20 heavy (non-hydrogen) atoms. The molecule has 0 bridgehead atoms. The number of nitrogens with one attached hydrogen (secondary N) is 2. The Morgan fingerprint density at radius 3 is 3.20 bits per heavy atom. The number of hydrogen-bond donors (Lipinski definition) is 2. The minimum atomic E-state index is 0.528. The molecule has 0 saturated carbocycles. The zero-order chi connectivity index (χ0) is 13.5. The van der Waals surface area contributed by atoms with Crippen LogP contribution < -0.4 is 10.2 Å². The van der Waals surface area contributed by atoms with Gasteiger partial charge >= 0.3 is 0 Å². The van der Waals surface area contributed by atoms with E-state index in [2.05, 4.69) is 41.3 Å². The van der Waals surface area contributed by atoms with E-state index in [-0.39, 0.29) is 0 Å². The molecule has 2 unspecified atom stereocenters. The number of aromatic nitrogens is 3. The van der Waals surface area contributed by atoms with Crippen molar-refractivity contribution in [3.05, 3.63) is 17.0 Å². The second-order valence-corrected chi connectivity index (χ2v) is 6.13. The highest BCUT2D eigenvalue weighted by Crippen LogP contribution is 2.31. The molecule has 2 aliphatic heterocycles. The fraction of sp³-hybridized carbons (Fsp3) is 0.538. The third kappa shape index (κ3) is 1.96. The highest BCUT2D eigenvalue weighted by Gasteiger charge is 2.36. The molecule has 2 aromatic heterocycles. The van der Waals surface area contributed by atoms with Crippen LogP contribution >= 0.6 is 15.9 Å². The zero-order valence-corrected chi connectivity index (χ0v) is 12.6. The van der Waals surface area contributed by atoms with Crippen molar-refractivity contribution in [2.75, 3.05) is 24.5 Å². The lowest BCUT2D eigenvalue weighted by molar-refractivity contribution is 0.381. The van der Waals surface area contributed by atoms with Crippen LogP contribution in [0.15, 0.2) is 21.4 Å². The average Bonchev–Trinajstić information content (AvgIpc) is 3.17. The van der Waals surface area contributed by atoms with Crippen LogP contribution in [0.5, 0.6) is 0 Å². The lowest BCUT2D eigenvalue weighted by Crippen LogP contribution is -2.45. The minimum Gasteiger partial charge on any atom is -0.457 e. The lowest BCUT2D eigenvalue weighted by Gasteiger charge is -2.36. The van der Waals surface area contributed by atoms with E-state index >= 15 is 0 Å². The van der Waals surface area contributed by atoms with Gasteiger partial charge in [-0.15, -0.1) is 5.10 Å². The molecule has 4 heterocycles. The van der Waals surface area contributed by atoms with E-state index in [1.807, 2.05) is 6.07 Å². The maximum atomic E-state index is 5.25. The van der Waals surface area contributed by atoms with E-state index in [4.69, 9.17) is 4.42 Å². The summed E-state index contributed by atoms with van der Waals surface area (Å²) in [6.45, 7) is 3.18. The maximum absolute atomic E-state index is 5.25. The Balaban J connectivity index is 1.63. The molecule has 106 valence electrons. The molecule has 2 atom stereocenters. The Kier molecular flexibility index (Phi) is 3.03. The predicted octanol–water partition coefficient (Wildman–Crippen LogP) is 2.02. The van der Waals surface area contributed by atoms with E-state index in [1.165, 1.54) is 12.8 Å². The molecule has 2 saturated heterocycles. The normalized spacial score (nSPS) is 25.9. The Hall–Kier alpha value is -1.34. The van der Waals surface area contributed by atoms with Crippen LogP contribution in [0.1, 0.15) is 12.8 Å². The van der Waals surface area contributed by atoms with Gasteiger partial charge in [0, 0.05) is 25.7 Å². The number of piperidine rings is 1. The first-order chi connectivity index (χ1) is 9.83. The Labute approximate surface area is 125 Å². The van der Waals surface area contributed by atoms with E-state index in [1.54, 1.807) is 6.26 Å². The number of halogens is 1. The molecule has 7 heteroatoms. The SMILES string of the molecule is Brc1occc1-c1nc(N2CCCC3CNCC32)n[nH]1. The molecule has 0 aliphatic carbocycles. The summed E-state index contributed by atoms with van der Waals surface area (Å²) in [6, 6.07) is 2.41. The molecular weight excluding hydrogens is 322 g/mol.